The van der Waals surface area contributed by atoms with E-state index in [2.05, 4.69) is 4.74 Å². The number of nitrogens with zero attached hydrogens (tertiary/aromatic N) is 1. The topological polar surface area (TPSA) is 103 Å². The first kappa shape index (κ1) is 11.3. The van der Waals surface area contributed by atoms with Gasteiger partial charge < -0.3 is 9.15 Å². The Kier molecular flexibility index (Phi) is 2.68. The molecule has 0 aromatic carbocycles. The van der Waals surface area contributed by atoms with E-state index in [1.807, 2.05) is 0 Å². The molecule has 0 saturated carbocycles. The molecular weight excluding hydrogens is 228 g/mol. The number of furan rings is 1. The maximum Gasteiger partial charge on any atom is 0.339 e. The fourth-order valence-electron chi connectivity index (χ4n) is 1.59. The highest BCUT2D eigenvalue weighted by Crippen LogP contribution is 2.21. The summed E-state index contributed by atoms with van der Waals surface area (Å²) in [4.78, 5) is 34.3. The summed E-state index contributed by atoms with van der Waals surface area (Å²) in [5.74, 6) is 2.53. The molecule has 0 spiro atoms. The monoisotopic (exact) mass is 238 g/mol. The molecule has 90 valence electrons. The molecule has 17 heavy (non-hydrogen) atoms. The second-order valence-corrected chi connectivity index (χ2v) is 3.66. The number of esters is 2. The predicted molar refractivity (Wildman–Crippen MR) is 53.1 cm³/mol. The highest BCUT2D eigenvalue weighted by molar-refractivity contribution is 6.02. The van der Waals surface area contributed by atoms with Gasteiger partial charge in [0.25, 0.3) is 0 Å². The lowest BCUT2D eigenvalue weighted by Gasteiger charge is -2.21. The maximum absolute atomic E-state index is 11.8. The molecule has 2 N–H and O–H groups in total. The number of carbonyl (C=O) groups is 3. The molecule has 2 rings (SSSR count). The van der Waals surface area contributed by atoms with E-state index in [4.69, 9.17) is 10.3 Å². The Morgan fingerprint density at radius 3 is 2.59 bits per heavy atom. The van der Waals surface area contributed by atoms with Crippen molar-refractivity contribution in [1.29, 1.82) is 0 Å². The van der Waals surface area contributed by atoms with E-state index in [0.717, 1.165) is 0 Å². The standard InChI is InChI=1S/C10H10N2O5/c1-5-7(10(15)17-9(5)14)12(11)8(13)6-3-2-4-16-6/h2-5,7H,11H2,1H3/t5-,7+/m1/s1. The Labute approximate surface area is 96.1 Å². The van der Waals surface area contributed by atoms with Crippen molar-refractivity contribution in [3.8, 4) is 0 Å². The van der Waals surface area contributed by atoms with Crippen molar-refractivity contribution >= 4 is 17.8 Å². The van der Waals surface area contributed by atoms with Gasteiger partial charge in [0, 0.05) is 0 Å². The van der Waals surface area contributed by atoms with Gasteiger partial charge in [-0.2, -0.15) is 0 Å². The van der Waals surface area contributed by atoms with Gasteiger partial charge in [-0.25, -0.2) is 10.6 Å². The van der Waals surface area contributed by atoms with Gasteiger partial charge in [-0.3, -0.25) is 14.6 Å². The fourth-order valence-corrected chi connectivity index (χ4v) is 1.59. The summed E-state index contributed by atoms with van der Waals surface area (Å²) in [5.41, 5.74) is 0. The molecule has 0 bridgehead atoms. The van der Waals surface area contributed by atoms with Crippen LogP contribution in [-0.4, -0.2) is 28.9 Å². The van der Waals surface area contributed by atoms with Crippen molar-refractivity contribution in [2.75, 3.05) is 0 Å². The van der Waals surface area contributed by atoms with Gasteiger partial charge in [-0.15, -0.1) is 0 Å². The number of amides is 1. The van der Waals surface area contributed by atoms with E-state index >= 15 is 0 Å². The van der Waals surface area contributed by atoms with E-state index < -0.39 is 29.8 Å². The Morgan fingerprint density at radius 1 is 1.41 bits per heavy atom. The molecule has 2 atom stereocenters. The van der Waals surface area contributed by atoms with E-state index in [9.17, 15) is 14.4 Å². The molecule has 1 fully saturated rings. The minimum absolute atomic E-state index is 0.00755. The average molecular weight is 238 g/mol. The fraction of sp³-hybridized carbons (Fsp3) is 0.300. The SMILES string of the molecule is C[C@H]1C(=O)OC(=O)[C@H]1N(N)C(=O)c1ccco1. The van der Waals surface area contributed by atoms with Crippen LogP contribution in [-0.2, 0) is 14.3 Å². The highest BCUT2D eigenvalue weighted by Gasteiger charge is 2.46. The van der Waals surface area contributed by atoms with Crippen LogP contribution in [0.15, 0.2) is 22.8 Å². The molecule has 7 nitrogen and oxygen atoms in total. The van der Waals surface area contributed by atoms with Crippen molar-refractivity contribution in [2.45, 2.75) is 13.0 Å². The second kappa shape index (κ2) is 4.02. The summed E-state index contributed by atoms with van der Waals surface area (Å²) in [6.45, 7) is 1.47. The first-order valence-electron chi connectivity index (χ1n) is 4.89. The Bertz CT molecular complexity index is 467. The molecule has 1 aliphatic heterocycles. The number of ether oxygens (including phenoxy) is 1. The molecular formula is C10H10N2O5. The lowest BCUT2D eigenvalue weighted by molar-refractivity contribution is -0.153. The van der Waals surface area contributed by atoms with Crippen molar-refractivity contribution in [3.63, 3.8) is 0 Å². The molecule has 0 aliphatic carbocycles. The number of hydrazine groups is 1. The highest BCUT2D eigenvalue weighted by atomic mass is 16.6. The minimum atomic E-state index is -1.11. The molecule has 2 heterocycles. The van der Waals surface area contributed by atoms with Crippen LogP contribution in [0.2, 0.25) is 0 Å². The minimum Gasteiger partial charge on any atom is -0.459 e. The first-order chi connectivity index (χ1) is 8.02. The Balaban J connectivity index is 2.20. The van der Waals surface area contributed by atoms with Gasteiger partial charge in [-0.1, -0.05) is 0 Å². The smallest absolute Gasteiger partial charge is 0.339 e. The second-order valence-electron chi connectivity index (χ2n) is 3.66. The largest absolute Gasteiger partial charge is 0.459 e. The summed E-state index contributed by atoms with van der Waals surface area (Å²) in [6, 6.07) is 1.82. The normalized spacial score (nSPS) is 23.6. The zero-order valence-corrected chi connectivity index (χ0v) is 8.95. The van der Waals surface area contributed by atoms with Gasteiger partial charge >= 0.3 is 17.8 Å². The van der Waals surface area contributed by atoms with Gasteiger partial charge in [0.05, 0.1) is 12.2 Å². The van der Waals surface area contributed by atoms with Crippen LogP contribution < -0.4 is 5.84 Å². The van der Waals surface area contributed by atoms with Crippen molar-refractivity contribution in [3.05, 3.63) is 24.2 Å². The van der Waals surface area contributed by atoms with Gasteiger partial charge in [-0.05, 0) is 19.1 Å². The number of hydrogen-bond acceptors (Lipinski definition) is 6. The number of carbonyl (C=O) groups excluding carboxylic acids is 3. The van der Waals surface area contributed by atoms with E-state index in [-0.39, 0.29) is 5.76 Å². The molecule has 1 aliphatic rings. The molecule has 1 aromatic rings. The van der Waals surface area contributed by atoms with E-state index in [1.54, 1.807) is 0 Å². The average Bonchev–Trinajstić information content (AvgIpc) is 2.87. The van der Waals surface area contributed by atoms with Crippen molar-refractivity contribution < 1.29 is 23.5 Å². The third-order valence-electron chi connectivity index (χ3n) is 2.55. The van der Waals surface area contributed by atoms with Crippen LogP contribution in [0.1, 0.15) is 17.5 Å². The van der Waals surface area contributed by atoms with Crippen LogP contribution in [0.4, 0.5) is 0 Å². The van der Waals surface area contributed by atoms with Crippen molar-refractivity contribution in [1.82, 2.24) is 5.01 Å². The van der Waals surface area contributed by atoms with Crippen LogP contribution in [0.25, 0.3) is 0 Å². The Morgan fingerprint density at radius 2 is 2.12 bits per heavy atom. The summed E-state index contributed by atoms with van der Waals surface area (Å²) < 4.78 is 9.26. The number of nitrogens with two attached hydrogens (primary N) is 1. The molecule has 1 amide bonds. The van der Waals surface area contributed by atoms with E-state index in [0.29, 0.717) is 5.01 Å². The van der Waals surface area contributed by atoms with Crippen molar-refractivity contribution in [2.24, 2.45) is 11.8 Å². The molecule has 0 unspecified atom stereocenters. The number of hydrogen-bond donors (Lipinski definition) is 1. The molecule has 1 aromatic heterocycles. The lowest BCUT2D eigenvalue weighted by Crippen LogP contribution is -2.50. The van der Waals surface area contributed by atoms with Gasteiger partial charge in [0.1, 0.15) is 0 Å². The van der Waals surface area contributed by atoms with Crippen LogP contribution in [0.5, 0.6) is 0 Å². The first-order valence-corrected chi connectivity index (χ1v) is 4.89. The zero-order valence-electron chi connectivity index (χ0n) is 8.95. The zero-order chi connectivity index (χ0) is 12.6. The quantitative estimate of drug-likeness (QED) is 0.249. The Hall–Kier alpha value is -2.15. The summed E-state index contributed by atoms with van der Waals surface area (Å²) in [5, 5.41) is 0.663. The van der Waals surface area contributed by atoms with Crippen LogP contribution >= 0.6 is 0 Å². The number of rotatable bonds is 2. The van der Waals surface area contributed by atoms with Gasteiger partial charge in [0.2, 0.25) is 0 Å². The van der Waals surface area contributed by atoms with Crippen LogP contribution in [0.3, 0.4) is 0 Å². The molecule has 7 heteroatoms. The summed E-state index contributed by atoms with van der Waals surface area (Å²) in [7, 11) is 0. The molecule has 1 saturated heterocycles. The maximum atomic E-state index is 11.8. The summed E-state index contributed by atoms with van der Waals surface area (Å²) >= 11 is 0. The molecule has 0 radical (unpaired) electrons. The third kappa shape index (κ3) is 1.80. The lowest BCUT2D eigenvalue weighted by atomic mass is 10.0. The van der Waals surface area contributed by atoms with Crippen LogP contribution in [0, 0.1) is 5.92 Å². The third-order valence-corrected chi connectivity index (χ3v) is 2.55. The predicted octanol–water partition coefficient (Wildman–Crippen LogP) is -0.316. The van der Waals surface area contributed by atoms with E-state index in [1.165, 1.54) is 25.3 Å². The van der Waals surface area contributed by atoms with Gasteiger partial charge in [0.15, 0.2) is 11.8 Å². The summed E-state index contributed by atoms with van der Waals surface area (Å²) in [6.07, 6.45) is 1.31. The number of cyclic esters (lactones) is 2.